The van der Waals surface area contributed by atoms with Crippen molar-refractivity contribution in [2.45, 2.75) is 519 Å². The number of ether oxygens (including phenoxy) is 7. The summed E-state index contributed by atoms with van der Waals surface area (Å²) in [5.74, 6) is -4.18. The Bertz CT molecular complexity index is 2410. The largest absolute Gasteiger partial charge is 0.470 e. The first-order chi connectivity index (χ1) is 55.2. The van der Waals surface area contributed by atoms with Crippen LogP contribution in [0, 0.1) is 0 Å². The van der Waals surface area contributed by atoms with E-state index >= 15 is 4.79 Å². The van der Waals surface area contributed by atoms with Crippen LogP contribution in [0.25, 0.3) is 0 Å². The molecule has 670 valence electrons. The van der Waals surface area contributed by atoms with E-state index in [2.05, 4.69) is 52.2 Å². The minimum absolute atomic E-state index is 0.127. The Balaban J connectivity index is 2.70. The molecule has 0 saturated carbocycles. The van der Waals surface area contributed by atoms with Gasteiger partial charge in [-0.05, 0) is 51.4 Å². The van der Waals surface area contributed by atoms with Crippen LogP contribution in [0.15, 0.2) is 0 Å². The highest BCUT2D eigenvalue weighted by molar-refractivity contribution is 7.46. The van der Waals surface area contributed by atoms with Gasteiger partial charge in [-0.3, -0.25) is 33.3 Å². The van der Waals surface area contributed by atoms with Crippen LogP contribution in [-0.2, 0) is 71.0 Å². The van der Waals surface area contributed by atoms with E-state index < -0.39 is 155 Å². The van der Waals surface area contributed by atoms with E-state index in [4.69, 9.17) is 37.7 Å². The van der Waals surface area contributed by atoms with Crippen molar-refractivity contribution < 1.29 is 101 Å². The number of carbonyl (C=O) groups is 6. The molecule has 2 saturated heterocycles. The lowest BCUT2D eigenvalue weighted by Gasteiger charge is -2.46. The van der Waals surface area contributed by atoms with Crippen molar-refractivity contribution in [3.63, 3.8) is 0 Å². The van der Waals surface area contributed by atoms with Gasteiger partial charge in [0.1, 0.15) is 42.7 Å². The number of phosphoric acid groups is 1. The molecule has 2 heterocycles. The smallest absolute Gasteiger partial charge is 0.462 e. The van der Waals surface area contributed by atoms with Gasteiger partial charge in [0.05, 0.1) is 63.8 Å². The van der Waals surface area contributed by atoms with E-state index in [0.717, 1.165) is 212 Å². The Labute approximate surface area is 690 Å². The Morgan fingerprint density at radius 1 is 0.395 bits per heavy atom. The van der Waals surface area contributed by atoms with Crippen LogP contribution in [-0.4, -0.2) is 165 Å². The van der Waals surface area contributed by atoms with Crippen LogP contribution in [0.4, 0.5) is 0 Å². The fraction of sp³-hybridized carbons (Fsp3) is 0.933. The first kappa shape index (κ1) is 107. The van der Waals surface area contributed by atoms with E-state index in [-0.39, 0.29) is 25.9 Å². The molecular formula is C90H169N2O21P. The van der Waals surface area contributed by atoms with Crippen molar-refractivity contribution in [3.05, 3.63) is 0 Å². The molecule has 8 N–H and O–H groups in total. The zero-order valence-corrected chi connectivity index (χ0v) is 73.6. The van der Waals surface area contributed by atoms with Crippen molar-refractivity contribution in [2.24, 2.45) is 0 Å². The van der Waals surface area contributed by atoms with E-state index in [0.29, 0.717) is 57.8 Å². The van der Waals surface area contributed by atoms with E-state index in [1.54, 1.807) is 0 Å². The molecule has 6 unspecified atom stereocenters. The molecule has 2 rings (SSSR count). The molecule has 2 aliphatic heterocycles. The molecule has 0 radical (unpaired) electrons. The highest BCUT2D eigenvalue weighted by Gasteiger charge is 2.53. The van der Waals surface area contributed by atoms with Crippen molar-refractivity contribution in [1.29, 1.82) is 0 Å². The fourth-order valence-electron chi connectivity index (χ4n) is 15.6. The number of hydrogen-bond acceptors (Lipinski definition) is 19. The van der Waals surface area contributed by atoms with Gasteiger partial charge < -0.3 is 74.0 Å². The molecule has 0 bridgehead atoms. The van der Waals surface area contributed by atoms with E-state index in [1.165, 1.54) is 89.9 Å². The number of nitrogens with one attached hydrogen (secondary N) is 2. The molecule has 0 aromatic carbocycles. The lowest BCUT2D eigenvalue weighted by atomic mass is 9.95. The average Bonchev–Trinajstić information content (AvgIpc) is 0.778. The Hall–Kier alpha value is -3.35. The lowest BCUT2D eigenvalue weighted by molar-refractivity contribution is -0.282. The predicted octanol–water partition coefficient (Wildman–Crippen LogP) is 19.6. The molecule has 0 aromatic heterocycles. The molecule has 0 aromatic rings. The van der Waals surface area contributed by atoms with Crippen LogP contribution >= 0.6 is 7.82 Å². The number of amides is 2. The van der Waals surface area contributed by atoms with Gasteiger partial charge in [-0.1, -0.05) is 350 Å². The summed E-state index contributed by atoms with van der Waals surface area (Å²) in [6, 6.07) is -2.92. The number of aliphatic hydroxyl groups is 4. The molecule has 24 heteroatoms. The average molecular weight is 1650 g/mol. The van der Waals surface area contributed by atoms with Crippen molar-refractivity contribution in [3.8, 4) is 0 Å². The Morgan fingerprint density at radius 3 is 1.11 bits per heavy atom. The SMILES string of the molecule is CCCCCCCCCCCCC(=O)O[C@H](CCCCCCCCCC)CC(=O)NC1C(OC(=O)C[C@@H](CCCCCCCCCC)OC(=O)CCCCCCCCCCCC)[C@H](OP(=O)(O)O)C(CO)O[C@H]1OCC1OCC(NC(=O)C[C@H](O)CCCCCCCCCC)C(OC(=O)C[C@H](O)CCCCCCCCCC)[C@@H]1O. The minimum atomic E-state index is -5.58. The molecular weight excluding hydrogens is 1480 g/mol. The third-order valence-corrected chi connectivity index (χ3v) is 23.1. The summed E-state index contributed by atoms with van der Waals surface area (Å²) in [6.07, 6.45) is 37.6. The third-order valence-electron chi connectivity index (χ3n) is 22.6. The number of esters is 4. The molecule has 0 aliphatic carbocycles. The summed E-state index contributed by atoms with van der Waals surface area (Å²) in [5, 5.41) is 51.3. The summed E-state index contributed by atoms with van der Waals surface area (Å²) in [6.45, 7) is 11.1. The molecule has 2 fully saturated rings. The topological polar surface area (TPSA) is 339 Å². The summed E-state index contributed by atoms with van der Waals surface area (Å²) >= 11 is 0. The van der Waals surface area contributed by atoms with E-state index in [9.17, 15) is 58.8 Å². The maximum absolute atomic E-state index is 15.0. The van der Waals surface area contributed by atoms with Crippen LogP contribution in [0.2, 0.25) is 0 Å². The summed E-state index contributed by atoms with van der Waals surface area (Å²) in [7, 11) is -5.58. The number of hydrogen-bond donors (Lipinski definition) is 8. The second-order valence-electron chi connectivity index (χ2n) is 33.4. The van der Waals surface area contributed by atoms with Crippen LogP contribution in [0.3, 0.4) is 0 Å². The molecule has 0 spiro atoms. The van der Waals surface area contributed by atoms with Gasteiger partial charge in [-0.15, -0.1) is 0 Å². The third kappa shape index (κ3) is 56.2. The zero-order chi connectivity index (χ0) is 83.5. The van der Waals surface area contributed by atoms with Gasteiger partial charge in [-0.2, -0.15) is 0 Å². The highest BCUT2D eigenvalue weighted by atomic mass is 31.2. The fourth-order valence-corrected chi connectivity index (χ4v) is 16.2. The second kappa shape index (κ2) is 71.4. The first-order valence-corrected chi connectivity index (χ1v) is 48.4. The van der Waals surface area contributed by atoms with Gasteiger partial charge in [0.2, 0.25) is 11.8 Å². The zero-order valence-electron chi connectivity index (χ0n) is 72.7. The van der Waals surface area contributed by atoms with E-state index in [1.807, 2.05) is 0 Å². The van der Waals surface area contributed by atoms with Crippen LogP contribution in [0.5, 0.6) is 0 Å². The molecule has 13 atom stereocenters. The quantitative estimate of drug-likeness (QED) is 0.0121. The van der Waals surface area contributed by atoms with Crippen molar-refractivity contribution in [2.75, 3.05) is 19.8 Å². The maximum atomic E-state index is 15.0. The Kier molecular flexibility index (Phi) is 66.8. The first-order valence-electron chi connectivity index (χ1n) is 46.9. The molecule has 2 aliphatic rings. The normalized spacial score (nSPS) is 20.2. The lowest BCUT2D eigenvalue weighted by Crippen LogP contribution is -2.67. The molecule has 23 nitrogen and oxygen atoms in total. The van der Waals surface area contributed by atoms with Gasteiger partial charge in [-0.25, -0.2) is 4.57 Å². The monoisotopic (exact) mass is 1650 g/mol. The number of rotatable bonds is 78. The molecule has 2 amide bonds. The predicted molar refractivity (Wildman–Crippen MR) is 450 cm³/mol. The van der Waals surface area contributed by atoms with Gasteiger partial charge >= 0.3 is 31.7 Å². The number of unbranched alkanes of at least 4 members (excludes halogenated alkanes) is 46. The summed E-state index contributed by atoms with van der Waals surface area (Å²) < 4.78 is 62.1. The minimum Gasteiger partial charge on any atom is -0.462 e. The Morgan fingerprint density at radius 2 is 0.728 bits per heavy atom. The van der Waals surface area contributed by atoms with Crippen molar-refractivity contribution in [1.82, 2.24) is 10.6 Å². The number of carbonyl (C=O) groups excluding carboxylic acids is 6. The van der Waals surface area contributed by atoms with Gasteiger partial charge in [0.25, 0.3) is 0 Å². The maximum Gasteiger partial charge on any atom is 0.470 e. The summed E-state index contributed by atoms with van der Waals surface area (Å²) in [5.41, 5.74) is 0. The summed E-state index contributed by atoms with van der Waals surface area (Å²) in [4.78, 5) is 106. The number of phosphoric ester groups is 1. The van der Waals surface area contributed by atoms with Crippen molar-refractivity contribution >= 4 is 43.5 Å². The number of aliphatic hydroxyl groups excluding tert-OH is 4. The standard InChI is InChI=1S/C90H169N2O21P/c1-7-13-19-25-31-37-39-45-51-57-63-81(98)108-74(61-55-49-43-35-29-23-17-11-5)67-80(97)92-85-89(112-84(101)68-75(62-56-50-44-36-30-24-18-12-6)109-82(99)64-58-52-46-40-38-32-26-20-14-8-2)88(113-114(103,104)105)77(69-93)110-90(85)107-71-78-86(102)87(111-83(100)66-73(95)60-54-48-42-34-28-22-16-10-4)76(70-106-78)91-79(96)65-72(94)59-53-47-41-33-27-21-15-9-3/h72-78,85-90,93-95,102H,7-71H2,1-6H3,(H,91,96)(H,92,97)(H2,103,104,105)/t72-,73-,74-,75-,76?,77?,78?,85?,86-,87?,88-,89?,90-/m1/s1. The second-order valence-corrected chi connectivity index (χ2v) is 34.6. The van der Waals surface area contributed by atoms with Gasteiger partial charge in [0, 0.05) is 12.8 Å². The van der Waals surface area contributed by atoms with Crippen LogP contribution in [0.1, 0.15) is 440 Å². The molecule has 114 heavy (non-hydrogen) atoms. The highest BCUT2D eigenvalue weighted by Crippen LogP contribution is 2.43. The van der Waals surface area contributed by atoms with Crippen LogP contribution < -0.4 is 10.6 Å². The van der Waals surface area contributed by atoms with Gasteiger partial charge in [0.15, 0.2) is 18.5 Å².